The van der Waals surface area contributed by atoms with Gasteiger partial charge in [-0.2, -0.15) is 0 Å². The molecule has 1 aliphatic heterocycles. The van der Waals surface area contributed by atoms with Crippen molar-refractivity contribution in [3.05, 3.63) is 48.0 Å². The Labute approximate surface area is 198 Å². The Morgan fingerprint density at radius 2 is 1.62 bits per heavy atom. The minimum Gasteiger partial charge on any atom is -0.493 e. The normalized spacial score (nSPS) is 16.5. The standard InChI is InChI=1S/C23H27N3O7S/c1-23(2,3)26(21(28)14-6-11-18(32-4)19(12-14)33-5)17-13-20(27)25(22(17)29)15-7-9-16(10-8-15)34(24,30)31/h6-12,17H,13H2,1-5H3,(H2,24,30,31). The van der Waals surface area contributed by atoms with Crippen LogP contribution in [0.3, 0.4) is 0 Å². The second-order valence-corrected chi connectivity index (χ2v) is 10.3. The summed E-state index contributed by atoms with van der Waals surface area (Å²) in [5, 5.41) is 5.12. The molecule has 2 N–H and O–H groups in total. The number of ether oxygens (including phenoxy) is 2. The van der Waals surface area contributed by atoms with Crippen LogP contribution in [0.5, 0.6) is 11.5 Å². The molecule has 0 spiro atoms. The summed E-state index contributed by atoms with van der Waals surface area (Å²) in [7, 11) is -0.997. The number of sulfonamides is 1. The van der Waals surface area contributed by atoms with Crippen LogP contribution in [0, 0.1) is 0 Å². The van der Waals surface area contributed by atoms with Crippen LogP contribution in [0.2, 0.25) is 0 Å². The number of primary sulfonamides is 1. The molecule has 1 fully saturated rings. The summed E-state index contributed by atoms with van der Waals surface area (Å²) < 4.78 is 33.5. The SMILES string of the molecule is COc1ccc(C(=O)N(C2CC(=O)N(c3ccc(S(N)(=O)=O)cc3)C2=O)C(C)(C)C)cc1OC. The number of hydrogen-bond donors (Lipinski definition) is 1. The lowest BCUT2D eigenvalue weighted by Gasteiger charge is -2.39. The van der Waals surface area contributed by atoms with Gasteiger partial charge in [0.25, 0.3) is 11.8 Å². The fourth-order valence-corrected chi connectivity index (χ4v) is 4.41. The number of nitrogens with zero attached hydrogens (tertiary/aromatic N) is 2. The molecule has 1 aliphatic rings. The van der Waals surface area contributed by atoms with E-state index < -0.39 is 39.3 Å². The summed E-state index contributed by atoms with van der Waals surface area (Å²) in [6.07, 6.45) is -0.216. The molecular formula is C23H27N3O7S. The van der Waals surface area contributed by atoms with Crippen LogP contribution in [-0.2, 0) is 19.6 Å². The smallest absolute Gasteiger partial charge is 0.257 e. The summed E-state index contributed by atoms with van der Waals surface area (Å²) in [6, 6.07) is 8.71. The van der Waals surface area contributed by atoms with E-state index in [9.17, 15) is 22.8 Å². The molecule has 0 saturated carbocycles. The number of imide groups is 1. The molecule has 1 unspecified atom stereocenters. The molecule has 0 bridgehead atoms. The minimum absolute atomic E-state index is 0.146. The number of methoxy groups -OCH3 is 2. The fraction of sp³-hybridized carbons (Fsp3) is 0.348. The van der Waals surface area contributed by atoms with Gasteiger partial charge in [0.15, 0.2) is 11.5 Å². The average Bonchev–Trinajstić information content (AvgIpc) is 3.05. The van der Waals surface area contributed by atoms with Gasteiger partial charge in [0.1, 0.15) is 6.04 Å². The van der Waals surface area contributed by atoms with Crippen LogP contribution in [-0.4, -0.2) is 56.8 Å². The number of carbonyl (C=O) groups excluding carboxylic acids is 3. The molecule has 1 heterocycles. The van der Waals surface area contributed by atoms with Crippen molar-refractivity contribution in [2.24, 2.45) is 5.14 Å². The summed E-state index contributed by atoms with van der Waals surface area (Å²) in [6.45, 7) is 5.31. The van der Waals surface area contributed by atoms with E-state index in [2.05, 4.69) is 0 Å². The highest BCUT2D eigenvalue weighted by atomic mass is 32.2. The maximum Gasteiger partial charge on any atom is 0.257 e. The lowest BCUT2D eigenvalue weighted by molar-refractivity contribution is -0.123. The van der Waals surface area contributed by atoms with Gasteiger partial charge in [-0.05, 0) is 63.2 Å². The van der Waals surface area contributed by atoms with Crippen LogP contribution in [0.1, 0.15) is 37.6 Å². The Morgan fingerprint density at radius 3 is 2.12 bits per heavy atom. The summed E-state index contributed by atoms with van der Waals surface area (Å²) >= 11 is 0. The van der Waals surface area contributed by atoms with Crippen molar-refractivity contribution in [2.75, 3.05) is 19.1 Å². The predicted octanol–water partition coefficient (Wildman–Crippen LogP) is 1.92. The zero-order valence-corrected chi connectivity index (χ0v) is 20.4. The van der Waals surface area contributed by atoms with Crippen LogP contribution in [0.15, 0.2) is 47.4 Å². The van der Waals surface area contributed by atoms with Gasteiger partial charge in [0.05, 0.1) is 31.2 Å². The fourth-order valence-electron chi connectivity index (χ4n) is 3.90. The molecule has 34 heavy (non-hydrogen) atoms. The zero-order chi connectivity index (χ0) is 25.4. The highest BCUT2D eigenvalue weighted by Crippen LogP contribution is 2.33. The number of anilines is 1. The monoisotopic (exact) mass is 489 g/mol. The first-order chi connectivity index (χ1) is 15.8. The Hall–Kier alpha value is -3.44. The van der Waals surface area contributed by atoms with E-state index in [1.165, 1.54) is 49.5 Å². The first-order valence-corrected chi connectivity index (χ1v) is 11.9. The van der Waals surface area contributed by atoms with Gasteiger partial charge < -0.3 is 14.4 Å². The Balaban J connectivity index is 1.97. The molecule has 3 amide bonds. The molecule has 0 aromatic heterocycles. The van der Waals surface area contributed by atoms with Gasteiger partial charge >= 0.3 is 0 Å². The van der Waals surface area contributed by atoms with Gasteiger partial charge in [-0.15, -0.1) is 0 Å². The van der Waals surface area contributed by atoms with Crippen molar-refractivity contribution in [2.45, 2.75) is 43.7 Å². The van der Waals surface area contributed by atoms with E-state index in [1.54, 1.807) is 32.9 Å². The molecule has 2 aromatic rings. The summed E-state index contributed by atoms with van der Waals surface area (Å²) in [5.41, 5.74) is -0.348. The average molecular weight is 490 g/mol. The topological polar surface area (TPSA) is 136 Å². The number of benzene rings is 2. The highest BCUT2D eigenvalue weighted by Gasteiger charge is 2.47. The quantitative estimate of drug-likeness (QED) is 0.612. The Kier molecular flexibility index (Phi) is 6.72. The third-order valence-corrected chi connectivity index (χ3v) is 6.36. The molecule has 1 saturated heterocycles. The first kappa shape index (κ1) is 25.2. The molecule has 11 heteroatoms. The predicted molar refractivity (Wildman–Crippen MR) is 124 cm³/mol. The minimum atomic E-state index is -3.93. The Bertz CT molecular complexity index is 1230. The van der Waals surface area contributed by atoms with Gasteiger partial charge in [-0.3, -0.25) is 14.4 Å². The molecule has 2 aromatic carbocycles. The Morgan fingerprint density at radius 1 is 1.03 bits per heavy atom. The number of carbonyl (C=O) groups is 3. The third-order valence-electron chi connectivity index (χ3n) is 5.43. The largest absolute Gasteiger partial charge is 0.493 e. The van der Waals surface area contributed by atoms with Crippen molar-refractivity contribution in [1.82, 2.24) is 4.90 Å². The summed E-state index contributed by atoms with van der Waals surface area (Å²) in [4.78, 5) is 42.0. The highest BCUT2D eigenvalue weighted by molar-refractivity contribution is 7.89. The second kappa shape index (κ2) is 9.07. The summed E-state index contributed by atoms with van der Waals surface area (Å²) in [5.74, 6) is -0.744. The van der Waals surface area contributed by atoms with Crippen LogP contribution in [0.4, 0.5) is 5.69 Å². The molecule has 1 atom stereocenters. The maximum atomic E-state index is 13.6. The van der Waals surface area contributed by atoms with Gasteiger partial charge in [0, 0.05) is 11.1 Å². The first-order valence-electron chi connectivity index (χ1n) is 10.3. The second-order valence-electron chi connectivity index (χ2n) is 8.74. The van der Waals surface area contributed by atoms with E-state index in [0.717, 1.165) is 4.90 Å². The van der Waals surface area contributed by atoms with Crippen molar-refractivity contribution in [1.29, 1.82) is 0 Å². The van der Waals surface area contributed by atoms with Crippen LogP contribution < -0.4 is 19.5 Å². The maximum absolute atomic E-state index is 13.6. The third kappa shape index (κ3) is 4.75. The van der Waals surface area contributed by atoms with Gasteiger partial charge in [-0.25, -0.2) is 18.5 Å². The molecule has 0 aliphatic carbocycles. The van der Waals surface area contributed by atoms with Crippen molar-refractivity contribution < 1.29 is 32.3 Å². The van der Waals surface area contributed by atoms with E-state index in [4.69, 9.17) is 14.6 Å². The van der Waals surface area contributed by atoms with E-state index in [0.29, 0.717) is 11.5 Å². The van der Waals surface area contributed by atoms with Crippen molar-refractivity contribution in [3.63, 3.8) is 0 Å². The van der Waals surface area contributed by atoms with E-state index in [-0.39, 0.29) is 22.6 Å². The number of amides is 3. The molecular weight excluding hydrogens is 462 g/mol. The van der Waals surface area contributed by atoms with Crippen molar-refractivity contribution in [3.8, 4) is 11.5 Å². The lowest BCUT2D eigenvalue weighted by atomic mass is 9.99. The zero-order valence-electron chi connectivity index (χ0n) is 19.6. The van der Waals surface area contributed by atoms with Gasteiger partial charge in [-0.1, -0.05) is 0 Å². The number of hydrogen-bond acceptors (Lipinski definition) is 7. The number of nitrogens with two attached hydrogens (primary N) is 1. The van der Waals surface area contributed by atoms with E-state index in [1.807, 2.05) is 0 Å². The molecule has 0 radical (unpaired) electrons. The van der Waals surface area contributed by atoms with E-state index >= 15 is 0 Å². The lowest BCUT2D eigenvalue weighted by Crippen LogP contribution is -2.54. The van der Waals surface area contributed by atoms with Gasteiger partial charge in [0.2, 0.25) is 15.9 Å². The molecule has 10 nitrogen and oxygen atoms in total. The molecule has 3 rings (SSSR count). The van der Waals surface area contributed by atoms with Crippen molar-refractivity contribution >= 4 is 33.4 Å². The van der Waals surface area contributed by atoms with Crippen LogP contribution >= 0.6 is 0 Å². The van der Waals surface area contributed by atoms with Crippen LogP contribution in [0.25, 0.3) is 0 Å². The molecule has 182 valence electrons. The number of rotatable bonds is 6.